The van der Waals surface area contributed by atoms with Crippen LogP contribution >= 0.6 is 0 Å². The molecule has 0 bridgehead atoms. The number of anilines is 2. The van der Waals surface area contributed by atoms with Crippen LogP contribution in [-0.4, -0.2) is 60.3 Å². The van der Waals surface area contributed by atoms with Crippen molar-refractivity contribution >= 4 is 11.6 Å². The molecule has 6 heteroatoms. The van der Waals surface area contributed by atoms with Gasteiger partial charge < -0.3 is 15.4 Å². The molecule has 0 aromatic carbocycles. The summed E-state index contributed by atoms with van der Waals surface area (Å²) in [7, 11) is 0. The third kappa shape index (κ3) is 4.33. The van der Waals surface area contributed by atoms with E-state index in [4.69, 9.17) is 4.74 Å². The fourth-order valence-electron chi connectivity index (χ4n) is 2.13. The number of rotatable bonds is 6. The molecule has 1 atom stereocenters. The van der Waals surface area contributed by atoms with Crippen LogP contribution in [0.2, 0.25) is 0 Å². The van der Waals surface area contributed by atoms with Crippen LogP contribution < -0.4 is 10.6 Å². The Morgan fingerprint density at radius 2 is 2.11 bits per heavy atom. The smallest absolute Gasteiger partial charge is 0.147 e. The van der Waals surface area contributed by atoms with E-state index in [1.807, 2.05) is 6.92 Å². The highest BCUT2D eigenvalue weighted by molar-refractivity contribution is 5.41. The lowest BCUT2D eigenvalue weighted by Crippen LogP contribution is -2.45. The molecule has 1 aromatic heterocycles. The highest BCUT2D eigenvalue weighted by Crippen LogP contribution is 2.09. The number of nitrogens with one attached hydrogen (secondary N) is 2. The molecule has 1 aromatic rings. The van der Waals surface area contributed by atoms with Crippen LogP contribution in [0.25, 0.3) is 0 Å². The summed E-state index contributed by atoms with van der Waals surface area (Å²) < 4.78 is 5.74. The minimum atomic E-state index is 0.221. The first-order valence-electron chi connectivity index (χ1n) is 6.95. The largest absolute Gasteiger partial charge is 0.374 e. The molecule has 1 unspecified atom stereocenters. The van der Waals surface area contributed by atoms with Gasteiger partial charge in [-0.3, -0.25) is 9.88 Å². The van der Waals surface area contributed by atoms with Crippen LogP contribution in [0.15, 0.2) is 12.4 Å². The van der Waals surface area contributed by atoms with E-state index >= 15 is 0 Å². The number of ether oxygens (including phenoxy) is 1. The van der Waals surface area contributed by atoms with Crippen molar-refractivity contribution in [3.8, 4) is 0 Å². The van der Waals surface area contributed by atoms with Crippen molar-refractivity contribution in [3.05, 3.63) is 12.4 Å². The Labute approximate surface area is 114 Å². The summed E-state index contributed by atoms with van der Waals surface area (Å²) in [5.41, 5.74) is 0. The zero-order valence-electron chi connectivity index (χ0n) is 11.7. The number of likely N-dealkylation sites (N-methyl/N-ethyl adjacent to an activating group) is 1. The molecule has 1 aliphatic heterocycles. The van der Waals surface area contributed by atoms with Crippen LogP contribution in [0.5, 0.6) is 0 Å². The van der Waals surface area contributed by atoms with Gasteiger partial charge in [-0.2, -0.15) is 0 Å². The molecular formula is C13H23N5O. The van der Waals surface area contributed by atoms with Crippen molar-refractivity contribution in [3.63, 3.8) is 0 Å². The molecule has 0 aliphatic carbocycles. The molecule has 0 saturated carbocycles. The maximum atomic E-state index is 5.74. The van der Waals surface area contributed by atoms with E-state index in [9.17, 15) is 0 Å². The second kappa shape index (κ2) is 7.25. The van der Waals surface area contributed by atoms with Gasteiger partial charge in [0.15, 0.2) is 0 Å². The average molecular weight is 265 g/mol. The summed E-state index contributed by atoms with van der Waals surface area (Å²) in [6.45, 7) is 9.72. The number of aromatic nitrogens is 2. The fourth-order valence-corrected chi connectivity index (χ4v) is 2.13. The van der Waals surface area contributed by atoms with Crippen molar-refractivity contribution in [2.45, 2.75) is 20.0 Å². The number of hydrogen-bond donors (Lipinski definition) is 2. The van der Waals surface area contributed by atoms with Crippen molar-refractivity contribution in [1.82, 2.24) is 14.9 Å². The summed E-state index contributed by atoms with van der Waals surface area (Å²) >= 11 is 0. The van der Waals surface area contributed by atoms with Crippen molar-refractivity contribution < 1.29 is 4.74 Å². The predicted octanol–water partition coefficient (Wildman–Crippen LogP) is 1.04. The van der Waals surface area contributed by atoms with Crippen LogP contribution in [-0.2, 0) is 4.74 Å². The van der Waals surface area contributed by atoms with Gasteiger partial charge in [0, 0.05) is 26.2 Å². The van der Waals surface area contributed by atoms with E-state index in [0.29, 0.717) is 0 Å². The van der Waals surface area contributed by atoms with E-state index in [2.05, 4.69) is 32.4 Å². The molecule has 0 spiro atoms. The van der Waals surface area contributed by atoms with Gasteiger partial charge in [0.1, 0.15) is 11.6 Å². The number of hydrogen-bond acceptors (Lipinski definition) is 6. The van der Waals surface area contributed by atoms with Crippen molar-refractivity contribution in [1.29, 1.82) is 0 Å². The van der Waals surface area contributed by atoms with Gasteiger partial charge in [-0.1, -0.05) is 6.92 Å². The molecule has 2 N–H and O–H groups in total. The Morgan fingerprint density at radius 3 is 2.84 bits per heavy atom. The SMILES string of the molecule is CCNc1cncc(NCC2CN(CC)CCO2)n1. The molecule has 19 heavy (non-hydrogen) atoms. The van der Waals surface area contributed by atoms with Gasteiger partial charge in [-0.15, -0.1) is 0 Å². The highest BCUT2D eigenvalue weighted by Gasteiger charge is 2.18. The second-order valence-electron chi connectivity index (χ2n) is 4.59. The Bertz CT molecular complexity index is 387. The first-order valence-corrected chi connectivity index (χ1v) is 6.95. The van der Waals surface area contributed by atoms with Crippen molar-refractivity contribution in [2.75, 3.05) is 50.0 Å². The Morgan fingerprint density at radius 1 is 1.32 bits per heavy atom. The topological polar surface area (TPSA) is 62.3 Å². The maximum absolute atomic E-state index is 5.74. The third-order valence-electron chi connectivity index (χ3n) is 3.17. The molecule has 0 amide bonds. The van der Waals surface area contributed by atoms with E-state index < -0.39 is 0 Å². The molecule has 1 saturated heterocycles. The van der Waals surface area contributed by atoms with E-state index in [1.165, 1.54) is 0 Å². The molecule has 6 nitrogen and oxygen atoms in total. The second-order valence-corrected chi connectivity index (χ2v) is 4.59. The average Bonchev–Trinajstić information content (AvgIpc) is 2.46. The Hall–Kier alpha value is -1.40. The van der Waals surface area contributed by atoms with Crippen LogP contribution in [0.4, 0.5) is 11.6 Å². The van der Waals surface area contributed by atoms with Gasteiger partial charge in [-0.25, -0.2) is 4.98 Å². The summed E-state index contributed by atoms with van der Waals surface area (Å²) in [5.74, 6) is 1.59. The lowest BCUT2D eigenvalue weighted by Gasteiger charge is -2.32. The number of morpholine rings is 1. The standard InChI is InChI=1S/C13H23N5O/c1-3-15-12-8-14-9-13(17-12)16-7-11-10-18(4-2)5-6-19-11/h8-9,11H,3-7,10H2,1-2H3,(H2,15,16,17). The minimum Gasteiger partial charge on any atom is -0.374 e. The van der Waals surface area contributed by atoms with Gasteiger partial charge in [0.2, 0.25) is 0 Å². The Balaban J connectivity index is 1.82. The Kier molecular flexibility index (Phi) is 5.35. The quantitative estimate of drug-likeness (QED) is 0.801. The molecule has 106 valence electrons. The molecular weight excluding hydrogens is 242 g/mol. The summed E-state index contributed by atoms with van der Waals surface area (Å²) in [6, 6.07) is 0. The lowest BCUT2D eigenvalue weighted by atomic mass is 10.2. The van der Waals surface area contributed by atoms with Gasteiger partial charge in [0.25, 0.3) is 0 Å². The normalized spacial score (nSPS) is 20.2. The van der Waals surface area contributed by atoms with E-state index in [1.54, 1.807) is 12.4 Å². The first kappa shape index (κ1) is 14.0. The fraction of sp³-hybridized carbons (Fsp3) is 0.692. The zero-order valence-corrected chi connectivity index (χ0v) is 11.7. The molecule has 0 radical (unpaired) electrons. The summed E-state index contributed by atoms with van der Waals surface area (Å²) in [5, 5.41) is 6.44. The third-order valence-corrected chi connectivity index (χ3v) is 3.17. The van der Waals surface area contributed by atoms with Gasteiger partial charge in [0.05, 0.1) is 25.1 Å². The predicted molar refractivity (Wildman–Crippen MR) is 76.5 cm³/mol. The molecule has 1 fully saturated rings. The molecule has 1 aliphatic rings. The van der Waals surface area contributed by atoms with E-state index in [-0.39, 0.29) is 6.10 Å². The first-order chi connectivity index (χ1) is 9.31. The van der Waals surface area contributed by atoms with Crippen molar-refractivity contribution in [2.24, 2.45) is 0 Å². The van der Waals surface area contributed by atoms with Crippen LogP contribution in [0, 0.1) is 0 Å². The summed E-state index contributed by atoms with van der Waals surface area (Å²) in [6.07, 6.45) is 3.68. The minimum absolute atomic E-state index is 0.221. The van der Waals surface area contributed by atoms with E-state index in [0.717, 1.165) is 51.0 Å². The monoisotopic (exact) mass is 265 g/mol. The number of nitrogens with zero attached hydrogens (tertiary/aromatic N) is 3. The zero-order chi connectivity index (χ0) is 13.5. The maximum Gasteiger partial charge on any atom is 0.147 e. The molecule has 2 heterocycles. The molecule has 2 rings (SSSR count). The summed E-state index contributed by atoms with van der Waals surface area (Å²) in [4.78, 5) is 11.0. The van der Waals surface area contributed by atoms with Crippen LogP contribution in [0.1, 0.15) is 13.8 Å². The van der Waals surface area contributed by atoms with Gasteiger partial charge in [-0.05, 0) is 13.5 Å². The highest BCUT2D eigenvalue weighted by atomic mass is 16.5. The lowest BCUT2D eigenvalue weighted by molar-refractivity contribution is -0.0192. The van der Waals surface area contributed by atoms with Crippen LogP contribution in [0.3, 0.4) is 0 Å². The van der Waals surface area contributed by atoms with Gasteiger partial charge >= 0.3 is 0 Å².